The minimum Gasteiger partial charge on any atom is -0.372 e. The number of hydrogen-bond donors (Lipinski definition) is 0. The fourth-order valence-electron chi connectivity index (χ4n) is 2.04. The fraction of sp³-hybridized carbons (Fsp3) is 0.500. The molecule has 4 heteroatoms. The van der Waals surface area contributed by atoms with E-state index in [4.69, 9.17) is 16.3 Å². The van der Waals surface area contributed by atoms with Gasteiger partial charge in [-0.2, -0.15) is 0 Å². The van der Waals surface area contributed by atoms with Crippen molar-refractivity contribution in [2.45, 2.75) is 26.1 Å². The molecule has 1 saturated heterocycles. The normalized spacial score (nSPS) is 25.1. The number of ether oxygens (including phenoxy) is 1. The van der Waals surface area contributed by atoms with Gasteiger partial charge in [-0.3, -0.25) is 0 Å². The molecule has 2 unspecified atom stereocenters. The van der Waals surface area contributed by atoms with Crippen molar-refractivity contribution in [3.8, 4) is 0 Å². The lowest BCUT2D eigenvalue weighted by Gasteiger charge is -2.36. The van der Waals surface area contributed by atoms with Gasteiger partial charge in [0.1, 0.15) is 0 Å². The number of hydrogen-bond acceptors (Lipinski definition) is 2. The Balaban J connectivity index is 0.00000128. The highest BCUT2D eigenvalue weighted by atomic mass is 35.5. The van der Waals surface area contributed by atoms with E-state index in [2.05, 4.69) is 30.9 Å². The van der Waals surface area contributed by atoms with Gasteiger partial charge in [0.25, 0.3) is 0 Å². The largest absolute Gasteiger partial charge is 0.372 e. The van der Waals surface area contributed by atoms with E-state index in [1.54, 1.807) is 0 Å². The number of rotatable bonds is 1. The fourth-order valence-corrected chi connectivity index (χ4v) is 2.17. The van der Waals surface area contributed by atoms with Gasteiger partial charge >= 0.3 is 0 Å². The molecule has 1 aliphatic heterocycles. The first-order valence-corrected chi connectivity index (χ1v) is 5.69. The summed E-state index contributed by atoms with van der Waals surface area (Å²) in [6.07, 6.45) is 0.592. The summed E-state index contributed by atoms with van der Waals surface area (Å²) in [5, 5.41) is 0.785. The second kappa shape index (κ2) is 5.76. The van der Waals surface area contributed by atoms with Gasteiger partial charge in [-0.05, 0) is 38.1 Å². The van der Waals surface area contributed by atoms with Crippen LogP contribution in [0.2, 0.25) is 5.02 Å². The first-order valence-electron chi connectivity index (χ1n) is 5.31. The molecule has 2 atom stereocenters. The molecule has 2 rings (SSSR count). The van der Waals surface area contributed by atoms with Crippen LogP contribution in [-0.4, -0.2) is 25.3 Å². The summed E-state index contributed by atoms with van der Waals surface area (Å²) in [6, 6.07) is 7.99. The number of nitrogens with zero attached hydrogens (tertiary/aromatic N) is 1. The first-order chi connectivity index (χ1) is 7.15. The van der Waals surface area contributed by atoms with Gasteiger partial charge in [0.2, 0.25) is 0 Å². The molecular weight excluding hydrogens is 245 g/mol. The molecule has 1 aliphatic rings. The van der Waals surface area contributed by atoms with Crippen molar-refractivity contribution >= 4 is 29.7 Å². The quantitative estimate of drug-likeness (QED) is 0.769. The highest BCUT2D eigenvalue weighted by molar-refractivity contribution is 6.30. The highest BCUT2D eigenvalue weighted by Gasteiger charge is 2.21. The molecule has 2 nitrogen and oxygen atoms in total. The molecule has 0 aromatic heterocycles. The van der Waals surface area contributed by atoms with Crippen molar-refractivity contribution in [2.75, 3.05) is 18.0 Å². The highest BCUT2D eigenvalue weighted by Crippen LogP contribution is 2.21. The minimum atomic E-state index is 0. The Labute approximate surface area is 108 Å². The zero-order valence-electron chi connectivity index (χ0n) is 9.52. The van der Waals surface area contributed by atoms with Gasteiger partial charge in [0, 0.05) is 23.8 Å². The predicted molar refractivity (Wildman–Crippen MR) is 70.9 cm³/mol. The van der Waals surface area contributed by atoms with E-state index in [0.717, 1.165) is 18.1 Å². The van der Waals surface area contributed by atoms with Crippen LogP contribution in [0.3, 0.4) is 0 Å². The van der Waals surface area contributed by atoms with Crippen LogP contribution in [0.4, 0.5) is 5.69 Å². The minimum absolute atomic E-state index is 0. The van der Waals surface area contributed by atoms with E-state index in [9.17, 15) is 0 Å². The van der Waals surface area contributed by atoms with Crippen LogP contribution < -0.4 is 4.90 Å². The summed E-state index contributed by atoms with van der Waals surface area (Å²) < 4.78 is 5.69. The van der Waals surface area contributed by atoms with Crippen molar-refractivity contribution in [1.29, 1.82) is 0 Å². The topological polar surface area (TPSA) is 12.5 Å². The lowest BCUT2D eigenvalue weighted by atomic mass is 10.2. The van der Waals surface area contributed by atoms with Gasteiger partial charge in [0.05, 0.1) is 12.2 Å². The summed E-state index contributed by atoms with van der Waals surface area (Å²) >= 11 is 5.86. The summed E-state index contributed by atoms with van der Waals surface area (Å²) in [5.41, 5.74) is 1.22. The zero-order chi connectivity index (χ0) is 10.8. The molecule has 1 heterocycles. The molecule has 0 saturated carbocycles. The average molecular weight is 262 g/mol. The van der Waals surface area contributed by atoms with Crippen LogP contribution in [0, 0.1) is 0 Å². The molecule has 16 heavy (non-hydrogen) atoms. The smallest absolute Gasteiger partial charge is 0.0726 e. The maximum atomic E-state index is 5.86. The molecule has 0 aliphatic carbocycles. The van der Waals surface area contributed by atoms with E-state index in [1.165, 1.54) is 5.69 Å². The third kappa shape index (κ3) is 3.27. The maximum absolute atomic E-state index is 5.86. The van der Waals surface area contributed by atoms with Crippen LogP contribution in [0.15, 0.2) is 24.3 Å². The maximum Gasteiger partial charge on any atom is 0.0726 e. The molecule has 1 aromatic carbocycles. The first kappa shape index (κ1) is 13.6. The van der Waals surface area contributed by atoms with Gasteiger partial charge in [-0.25, -0.2) is 0 Å². The standard InChI is InChI=1S/C12H16ClNO.ClH/c1-9-7-14(8-10(2)15-9)12-5-3-11(13)4-6-12;/h3-6,9-10H,7-8H2,1-2H3;1H. The van der Waals surface area contributed by atoms with Crippen molar-refractivity contribution in [2.24, 2.45) is 0 Å². The molecule has 0 bridgehead atoms. The summed E-state index contributed by atoms with van der Waals surface area (Å²) in [6.45, 7) is 6.12. The molecule has 90 valence electrons. The lowest BCUT2D eigenvalue weighted by Crippen LogP contribution is -2.45. The number of benzene rings is 1. The molecule has 1 aromatic rings. The Morgan fingerprint density at radius 2 is 1.62 bits per heavy atom. The number of morpholine rings is 1. The SMILES string of the molecule is CC1CN(c2ccc(Cl)cc2)CC(C)O1.Cl. The zero-order valence-corrected chi connectivity index (χ0v) is 11.1. The van der Waals surface area contributed by atoms with Crippen LogP contribution >= 0.6 is 24.0 Å². The molecule has 0 amide bonds. The third-order valence-corrected chi connectivity index (χ3v) is 2.86. The molecule has 0 radical (unpaired) electrons. The Hall–Kier alpha value is -0.440. The van der Waals surface area contributed by atoms with Crippen molar-refractivity contribution in [1.82, 2.24) is 0 Å². The van der Waals surface area contributed by atoms with Crippen LogP contribution in [0.5, 0.6) is 0 Å². The van der Waals surface area contributed by atoms with Gasteiger partial charge in [-0.1, -0.05) is 11.6 Å². The Morgan fingerprint density at radius 3 is 2.12 bits per heavy atom. The van der Waals surface area contributed by atoms with Gasteiger partial charge in [-0.15, -0.1) is 12.4 Å². The predicted octanol–water partition coefficient (Wildman–Crippen LogP) is 3.38. The Kier molecular flexibility index (Phi) is 4.90. The van der Waals surface area contributed by atoms with Crippen molar-refractivity contribution < 1.29 is 4.74 Å². The average Bonchev–Trinajstić information content (AvgIpc) is 2.17. The lowest BCUT2D eigenvalue weighted by molar-refractivity contribution is -0.00521. The van der Waals surface area contributed by atoms with Gasteiger partial charge in [0.15, 0.2) is 0 Å². The van der Waals surface area contributed by atoms with Crippen LogP contribution in [0.1, 0.15) is 13.8 Å². The van der Waals surface area contributed by atoms with E-state index in [-0.39, 0.29) is 12.4 Å². The van der Waals surface area contributed by atoms with Crippen LogP contribution in [-0.2, 0) is 4.74 Å². The van der Waals surface area contributed by atoms with Crippen LogP contribution in [0.25, 0.3) is 0 Å². The Bertz CT molecular complexity index is 318. The second-order valence-electron chi connectivity index (χ2n) is 4.14. The Morgan fingerprint density at radius 1 is 1.12 bits per heavy atom. The van der Waals surface area contributed by atoms with E-state index in [1.807, 2.05) is 12.1 Å². The number of halogens is 2. The molecule has 0 spiro atoms. The summed E-state index contributed by atoms with van der Waals surface area (Å²) in [7, 11) is 0. The summed E-state index contributed by atoms with van der Waals surface area (Å²) in [5.74, 6) is 0. The van der Waals surface area contributed by atoms with Gasteiger partial charge < -0.3 is 9.64 Å². The summed E-state index contributed by atoms with van der Waals surface area (Å²) in [4.78, 5) is 2.34. The van der Waals surface area contributed by atoms with E-state index >= 15 is 0 Å². The molecule has 1 fully saturated rings. The number of anilines is 1. The molecular formula is C12H17Cl2NO. The van der Waals surface area contributed by atoms with E-state index < -0.39 is 0 Å². The van der Waals surface area contributed by atoms with E-state index in [0.29, 0.717) is 12.2 Å². The second-order valence-corrected chi connectivity index (χ2v) is 4.58. The van der Waals surface area contributed by atoms with Crippen molar-refractivity contribution in [3.05, 3.63) is 29.3 Å². The molecule has 0 N–H and O–H groups in total. The monoisotopic (exact) mass is 261 g/mol. The third-order valence-electron chi connectivity index (χ3n) is 2.61. The van der Waals surface area contributed by atoms with Crippen molar-refractivity contribution in [3.63, 3.8) is 0 Å².